The molecule has 0 unspecified atom stereocenters. The third-order valence-electron chi connectivity index (χ3n) is 3.92. The third kappa shape index (κ3) is 1.20. The molecule has 1 aliphatic rings. The molecule has 0 saturated carbocycles. The summed E-state index contributed by atoms with van der Waals surface area (Å²) >= 11 is 0. The number of aryl methyl sites for hydroxylation is 1. The van der Waals surface area contributed by atoms with Gasteiger partial charge in [-0.1, -0.05) is 30.3 Å². The second kappa shape index (κ2) is 3.45. The largest absolute Gasteiger partial charge is 0.354 e. The number of H-pyrrole nitrogens is 1. The molecule has 0 radical (unpaired) electrons. The Kier molecular flexibility index (Phi) is 1.90. The first-order valence-corrected chi connectivity index (χ1v) is 6.40. The summed E-state index contributed by atoms with van der Waals surface area (Å²) in [6.07, 6.45) is 2.67. The Morgan fingerprint density at radius 1 is 0.944 bits per heavy atom. The second-order valence-electron chi connectivity index (χ2n) is 4.96. The minimum Gasteiger partial charge on any atom is -0.354 e. The van der Waals surface area contributed by atoms with E-state index in [1.54, 1.807) is 0 Å². The van der Waals surface area contributed by atoms with Gasteiger partial charge in [0.25, 0.3) is 0 Å². The molecule has 1 heterocycles. The number of aromatic amines is 1. The van der Waals surface area contributed by atoms with Crippen molar-refractivity contribution in [1.82, 2.24) is 4.98 Å². The lowest BCUT2D eigenvalue weighted by Gasteiger charge is -2.15. The summed E-state index contributed by atoms with van der Waals surface area (Å²) in [4.78, 5) is 15.4. The van der Waals surface area contributed by atoms with Crippen LogP contribution in [0.3, 0.4) is 0 Å². The Morgan fingerprint density at radius 2 is 1.83 bits per heavy atom. The van der Waals surface area contributed by atoms with Gasteiger partial charge in [-0.15, -0.1) is 0 Å². The van der Waals surface area contributed by atoms with Crippen LogP contribution in [0.5, 0.6) is 0 Å². The predicted molar refractivity (Wildman–Crippen MR) is 73.1 cm³/mol. The third-order valence-corrected chi connectivity index (χ3v) is 3.92. The molecule has 0 fully saturated rings. The Balaban J connectivity index is 2.17. The van der Waals surface area contributed by atoms with Crippen molar-refractivity contribution in [2.75, 3.05) is 0 Å². The first-order chi connectivity index (χ1) is 8.84. The Bertz CT molecular complexity index is 782. The molecule has 0 aliphatic heterocycles. The van der Waals surface area contributed by atoms with Gasteiger partial charge < -0.3 is 4.98 Å². The highest BCUT2D eigenvalue weighted by Crippen LogP contribution is 2.32. The number of hydrogen-bond donors (Lipinski definition) is 1. The smallest absolute Gasteiger partial charge is 0.163 e. The van der Waals surface area contributed by atoms with E-state index in [2.05, 4.69) is 29.2 Å². The van der Waals surface area contributed by atoms with Crippen LogP contribution >= 0.6 is 0 Å². The zero-order valence-corrected chi connectivity index (χ0v) is 9.99. The van der Waals surface area contributed by atoms with Gasteiger partial charge in [0.1, 0.15) is 0 Å². The molecule has 2 aromatic carbocycles. The molecule has 1 N–H and O–H groups in total. The number of hydrogen-bond acceptors (Lipinski definition) is 1. The Hall–Kier alpha value is -2.09. The highest BCUT2D eigenvalue weighted by Gasteiger charge is 2.20. The van der Waals surface area contributed by atoms with Crippen LogP contribution in [0.15, 0.2) is 36.4 Å². The van der Waals surface area contributed by atoms with Crippen molar-refractivity contribution in [3.05, 3.63) is 47.5 Å². The van der Waals surface area contributed by atoms with Crippen LogP contribution in [0, 0.1) is 0 Å². The van der Waals surface area contributed by atoms with Crippen LogP contribution < -0.4 is 0 Å². The van der Waals surface area contributed by atoms with E-state index in [0.717, 1.165) is 29.4 Å². The lowest BCUT2D eigenvalue weighted by atomic mass is 9.89. The number of carbonyl (C=O) groups is 1. The summed E-state index contributed by atoms with van der Waals surface area (Å²) in [5, 5.41) is 2.48. The summed E-state index contributed by atoms with van der Waals surface area (Å²) in [7, 11) is 0. The molecule has 3 aromatic rings. The van der Waals surface area contributed by atoms with Gasteiger partial charge in [-0.3, -0.25) is 4.79 Å². The van der Waals surface area contributed by atoms with Crippen molar-refractivity contribution in [2.45, 2.75) is 19.3 Å². The zero-order valence-electron chi connectivity index (χ0n) is 9.99. The topological polar surface area (TPSA) is 32.9 Å². The molecule has 4 rings (SSSR count). The summed E-state index contributed by atoms with van der Waals surface area (Å²) in [6.45, 7) is 0. The molecular formula is C16H13NO. The van der Waals surface area contributed by atoms with E-state index in [1.807, 2.05) is 12.1 Å². The highest BCUT2D eigenvalue weighted by molar-refractivity contribution is 6.11. The molecule has 18 heavy (non-hydrogen) atoms. The average Bonchev–Trinajstić information content (AvgIpc) is 2.78. The van der Waals surface area contributed by atoms with Crippen molar-refractivity contribution in [3.63, 3.8) is 0 Å². The quantitative estimate of drug-likeness (QED) is 0.631. The summed E-state index contributed by atoms with van der Waals surface area (Å²) < 4.78 is 0. The van der Waals surface area contributed by atoms with E-state index >= 15 is 0 Å². The molecule has 88 valence electrons. The van der Waals surface area contributed by atoms with Crippen molar-refractivity contribution >= 4 is 27.6 Å². The van der Waals surface area contributed by atoms with Crippen molar-refractivity contribution in [1.29, 1.82) is 0 Å². The van der Waals surface area contributed by atoms with E-state index < -0.39 is 0 Å². The monoisotopic (exact) mass is 235 g/mol. The first-order valence-electron chi connectivity index (χ1n) is 6.40. The molecule has 2 nitrogen and oxygen atoms in total. The van der Waals surface area contributed by atoms with Gasteiger partial charge in [-0.25, -0.2) is 0 Å². The number of carbonyl (C=O) groups excluding carboxylic acids is 1. The minimum absolute atomic E-state index is 0.289. The maximum absolute atomic E-state index is 11.9. The number of benzene rings is 2. The number of para-hydroxylation sites is 1. The van der Waals surface area contributed by atoms with Crippen LogP contribution in [0.25, 0.3) is 21.8 Å². The lowest BCUT2D eigenvalue weighted by Crippen LogP contribution is -2.10. The fraction of sp³-hybridized carbons (Fsp3) is 0.188. The second-order valence-corrected chi connectivity index (χ2v) is 4.96. The van der Waals surface area contributed by atoms with Crippen LogP contribution in [0.1, 0.15) is 28.8 Å². The Morgan fingerprint density at radius 3 is 2.78 bits per heavy atom. The molecule has 1 aliphatic carbocycles. The number of aromatic nitrogens is 1. The molecule has 2 heteroatoms. The predicted octanol–water partition coefficient (Wildman–Crippen LogP) is 3.84. The van der Waals surface area contributed by atoms with Crippen molar-refractivity contribution < 1.29 is 4.79 Å². The molecule has 0 spiro atoms. The number of ketones is 1. The SMILES string of the molecule is O=C1CCCc2c1ccc1c2[nH]c2ccccc21. The number of nitrogens with one attached hydrogen (secondary N) is 1. The fourth-order valence-corrected chi connectivity index (χ4v) is 3.06. The van der Waals surface area contributed by atoms with Gasteiger partial charge in [0, 0.05) is 28.3 Å². The van der Waals surface area contributed by atoms with Gasteiger partial charge in [-0.05, 0) is 24.5 Å². The van der Waals surface area contributed by atoms with E-state index in [-0.39, 0.29) is 5.78 Å². The van der Waals surface area contributed by atoms with E-state index in [9.17, 15) is 4.79 Å². The maximum atomic E-state index is 11.9. The summed E-state index contributed by atoms with van der Waals surface area (Å²) in [5.41, 5.74) is 4.43. The zero-order chi connectivity index (χ0) is 12.1. The molecule has 0 amide bonds. The van der Waals surface area contributed by atoms with Crippen molar-refractivity contribution in [3.8, 4) is 0 Å². The average molecular weight is 235 g/mol. The van der Waals surface area contributed by atoms with Crippen molar-refractivity contribution in [2.24, 2.45) is 0 Å². The Labute approximate surface area is 105 Å². The van der Waals surface area contributed by atoms with Crippen LogP contribution in [0.4, 0.5) is 0 Å². The van der Waals surface area contributed by atoms with Gasteiger partial charge in [0.15, 0.2) is 5.78 Å². The lowest BCUT2D eigenvalue weighted by molar-refractivity contribution is 0.0973. The van der Waals surface area contributed by atoms with Gasteiger partial charge in [0.2, 0.25) is 0 Å². The first kappa shape index (κ1) is 9.89. The summed E-state index contributed by atoms with van der Waals surface area (Å²) in [5.74, 6) is 0.289. The molecular weight excluding hydrogens is 222 g/mol. The number of Topliss-reactive ketones (excluding diaryl/α,β-unsaturated/α-hetero) is 1. The number of rotatable bonds is 0. The summed E-state index contributed by atoms with van der Waals surface area (Å²) in [6, 6.07) is 12.4. The van der Waals surface area contributed by atoms with Crippen LogP contribution in [-0.4, -0.2) is 10.8 Å². The fourth-order valence-electron chi connectivity index (χ4n) is 3.06. The van der Waals surface area contributed by atoms with E-state index in [1.165, 1.54) is 16.3 Å². The standard InChI is InChI=1S/C16H13NO/c18-15-7-3-5-12-11(15)8-9-13-10-4-1-2-6-14(10)17-16(12)13/h1-2,4,6,8-9,17H,3,5,7H2. The maximum Gasteiger partial charge on any atom is 0.163 e. The van der Waals surface area contributed by atoms with E-state index in [4.69, 9.17) is 0 Å². The molecule has 0 saturated heterocycles. The number of fused-ring (bicyclic) bond motifs is 5. The molecule has 0 atom stereocenters. The van der Waals surface area contributed by atoms with Crippen LogP contribution in [0.2, 0.25) is 0 Å². The molecule has 1 aromatic heterocycles. The van der Waals surface area contributed by atoms with Crippen LogP contribution in [-0.2, 0) is 6.42 Å². The normalized spacial score (nSPS) is 15.2. The minimum atomic E-state index is 0.289. The van der Waals surface area contributed by atoms with Gasteiger partial charge >= 0.3 is 0 Å². The van der Waals surface area contributed by atoms with E-state index in [0.29, 0.717) is 6.42 Å². The van der Waals surface area contributed by atoms with Gasteiger partial charge in [-0.2, -0.15) is 0 Å². The molecule has 0 bridgehead atoms. The highest BCUT2D eigenvalue weighted by atomic mass is 16.1. The van der Waals surface area contributed by atoms with Gasteiger partial charge in [0.05, 0.1) is 5.52 Å².